The molecule has 3 fully saturated rings. The molecule has 3 saturated carbocycles. The predicted octanol–water partition coefficient (Wildman–Crippen LogP) is 10.1. The number of carboxylic acids is 3. The van der Waals surface area contributed by atoms with E-state index >= 15 is 19.2 Å². The summed E-state index contributed by atoms with van der Waals surface area (Å²) in [4.78, 5) is 116. The first-order chi connectivity index (χ1) is 51.5. The number of aromatic carboxylic acids is 3. The first kappa shape index (κ1) is 59.1. The van der Waals surface area contributed by atoms with Crippen LogP contribution >= 0.6 is 0 Å². The van der Waals surface area contributed by atoms with E-state index in [0.29, 0.717) is 37.9 Å². The van der Waals surface area contributed by atoms with Gasteiger partial charge in [0.25, 0.3) is 6.47 Å². The lowest BCUT2D eigenvalue weighted by Crippen LogP contribution is -2.62. The summed E-state index contributed by atoms with van der Waals surface area (Å²) in [7, 11) is 0. The van der Waals surface area contributed by atoms with Crippen molar-refractivity contribution in [1.29, 1.82) is 0 Å². The van der Waals surface area contributed by atoms with Crippen molar-refractivity contribution in [1.82, 2.24) is 0 Å². The van der Waals surface area contributed by atoms with Crippen molar-refractivity contribution in [2.75, 3.05) is 26.4 Å². The standard InChI is InChI=1S/C86H55N4O16/c1-81(77(98)102-24-20-87-16-2-6-42(34-87)74(92)93,78(99)103-25-23-90-19-5-9-49(37-90)106-38-91)83-15-13-41-30-45-29-40-12-14-82-33-48-32-47-31-46-28-39-10-11-50(83)56-51(39)57-53(46)66-68-64-61(57)60(56)67-63-59(55(41)72(67)83)52(45)58-54(40)71(82)69(65(58)62(63)64)73(68)84(70(47)66)85(86(48,82)84,79(100)104-26-21-88-17-3-7-43(35-88)75(94)95)80(101)105-27-22-89-18-4-8-44(36-89)76(96)97/h2-12,14,16-19,28-31,34-38,48,70,72H,13,15,20-27,32-33H2,1H3/q+1/p+3. The molecule has 4 heterocycles. The zero-order chi connectivity index (χ0) is 71.3. The second-order valence-corrected chi connectivity index (χ2v) is 31.4. The monoisotopic (exact) mass is 1400 g/mol. The second kappa shape index (κ2) is 18.8. The summed E-state index contributed by atoms with van der Waals surface area (Å²) in [5, 5.41) is 49.2. The number of aryl methyl sites for hydroxylation is 1. The summed E-state index contributed by atoms with van der Waals surface area (Å²) in [6.45, 7) is 1.72. The Morgan fingerprint density at radius 2 is 1.08 bits per heavy atom. The molecule has 10 aliphatic carbocycles. The molecule has 3 spiro atoms. The van der Waals surface area contributed by atoms with E-state index in [0.717, 1.165) is 153 Å². The third-order valence-corrected chi connectivity index (χ3v) is 28.0. The molecule has 8 atom stereocenters. The Morgan fingerprint density at radius 1 is 0.538 bits per heavy atom. The highest BCUT2D eigenvalue weighted by Gasteiger charge is 3.08. The van der Waals surface area contributed by atoms with Gasteiger partial charge in [0.05, 0.1) is 0 Å². The number of allylic oxidation sites excluding steroid dienone is 2. The molecule has 0 bridgehead atoms. The molecule has 4 aromatic heterocycles. The van der Waals surface area contributed by atoms with Crippen LogP contribution in [0.4, 0.5) is 0 Å². The molecular weight excluding hydrogens is 1340 g/mol. The van der Waals surface area contributed by atoms with Gasteiger partial charge < -0.3 is 39.0 Å². The average molecular weight is 1400 g/mol. The maximum atomic E-state index is 17.1. The number of benzene rings is 8. The Morgan fingerprint density at radius 3 is 1.71 bits per heavy atom. The van der Waals surface area contributed by atoms with E-state index in [-0.39, 0.29) is 75.2 Å². The number of fused-ring (bicyclic) bond motifs is 1. The molecule has 20 nitrogen and oxygen atoms in total. The second-order valence-electron chi connectivity index (χ2n) is 31.4. The molecule has 14 aromatic rings. The van der Waals surface area contributed by atoms with E-state index in [4.69, 9.17) is 23.7 Å². The number of hydrogen-bond donors (Lipinski definition) is 3. The minimum Gasteiger partial charge on any atom is -0.477 e. The topological polar surface area (TPSA) is 259 Å². The minimum absolute atomic E-state index is 0.0542. The lowest BCUT2D eigenvalue weighted by molar-refractivity contribution is -0.698. The number of carboxylic acid groups (broad SMARTS) is 3. The van der Waals surface area contributed by atoms with Crippen LogP contribution in [0.1, 0.15) is 119 Å². The SMILES string of the molecule is CC(C(=O)OCC[n+]1cccc(OC=O)c1)(C(=O)OCC[n+]1cccc(C(=O)O)c1)C12CCc3cc4cc5c6c7c8c9c%10c%11c%12c(cc%13ccc1c1c%14c%15c%16c(c3C%152)c4c6c8c%16c%10c%14c%12c%131)C=C1CC2CC7(C=C5)C23C(C(=O)OCC[n+]2cccc(C(=O)O)c2)(C(=O)OCC[n+]2cccc(C(=O)O)c2)C93C1%11. The minimum atomic E-state index is -2.08. The molecule has 20 heteroatoms. The van der Waals surface area contributed by atoms with Crippen LogP contribution in [0, 0.1) is 22.2 Å². The van der Waals surface area contributed by atoms with Gasteiger partial charge in [-0.2, -0.15) is 4.57 Å². The van der Waals surface area contributed by atoms with Crippen LogP contribution in [0.2, 0.25) is 0 Å². The molecule has 3 N–H and O–H groups in total. The number of hydrogen-bond acceptors (Lipinski definition) is 13. The Balaban J connectivity index is 0.777. The van der Waals surface area contributed by atoms with E-state index < -0.39 is 86.1 Å². The summed E-state index contributed by atoms with van der Waals surface area (Å²) < 4.78 is 38.7. The highest BCUT2D eigenvalue weighted by atomic mass is 16.6. The molecular formula is C86H58N4O16+4. The molecule has 10 aromatic carbocycles. The Bertz CT molecular complexity index is 6700. The highest BCUT2D eigenvalue weighted by Crippen LogP contribution is 3.03. The van der Waals surface area contributed by atoms with Crippen molar-refractivity contribution in [3.63, 3.8) is 0 Å². The van der Waals surface area contributed by atoms with E-state index in [2.05, 4.69) is 48.6 Å². The molecule has 0 saturated heterocycles. The van der Waals surface area contributed by atoms with Gasteiger partial charge in [0.1, 0.15) is 16.7 Å². The van der Waals surface area contributed by atoms with Gasteiger partial charge in [0, 0.05) is 57.8 Å². The van der Waals surface area contributed by atoms with Crippen molar-refractivity contribution in [2.45, 2.75) is 86.9 Å². The van der Waals surface area contributed by atoms with E-state index in [1.165, 1.54) is 36.8 Å². The summed E-state index contributed by atoms with van der Waals surface area (Å²) in [6.07, 6.45) is 22.0. The van der Waals surface area contributed by atoms with Crippen LogP contribution in [0.25, 0.3) is 109 Å². The highest BCUT2D eigenvalue weighted by molar-refractivity contribution is 6.56. The molecule has 10 aliphatic rings. The average Bonchev–Trinajstić information content (AvgIpc) is 1.36. The number of rotatable bonds is 22. The zero-order valence-electron chi connectivity index (χ0n) is 56.6. The van der Waals surface area contributed by atoms with Crippen LogP contribution in [0.5, 0.6) is 5.75 Å². The van der Waals surface area contributed by atoms with Crippen LogP contribution in [-0.2, 0) is 91.8 Å². The van der Waals surface area contributed by atoms with Gasteiger partial charge in [0.15, 0.2) is 113 Å². The summed E-state index contributed by atoms with van der Waals surface area (Å²) >= 11 is 0. The lowest BCUT2D eigenvalue weighted by Gasteiger charge is -2.64. The molecule has 0 amide bonds. The van der Waals surface area contributed by atoms with Crippen LogP contribution in [0.15, 0.2) is 140 Å². The fourth-order valence-electron chi connectivity index (χ4n) is 25.2. The Labute approximate surface area is 598 Å². The number of carbonyl (C=O) groups is 8. The van der Waals surface area contributed by atoms with Crippen molar-refractivity contribution in [3.8, 4) is 5.75 Å². The first-order valence-electron chi connectivity index (χ1n) is 36.2. The van der Waals surface area contributed by atoms with Crippen LogP contribution < -0.4 is 23.0 Å². The van der Waals surface area contributed by atoms with Crippen molar-refractivity contribution >= 4 is 157 Å². The van der Waals surface area contributed by atoms with E-state index in [1.807, 2.05) is 0 Å². The van der Waals surface area contributed by atoms with Crippen molar-refractivity contribution in [3.05, 3.63) is 207 Å². The van der Waals surface area contributed by atoms with Crippen molar-refractivity contribution < 1.29 is 95.6 Å². The summed E-state index contributed by atoms with van der Waals surface area (Å²) in [5.41, 5.74) is 1.97. The van der Waals surface area contributed by atoms with Gasteiger partial charge in [0.2, 0.25) is 6.20 Å². The maximum Gasteiger partial charge on any atom is 0.341 e. The van der Waals surface area contributed by atoms with E-state index in [9.17, 15) is 34.5 Å². The van der Waals surface area contributed by atoms with Gasteiger partial charge in [-0.3, -0.25) is 24.0 Å². The molecule has 0 aliphatic heterocycles. The number of carbonyl (C=O) groups excluding carboxylic acids is 5. The van der Waals surface area contributed by atoms with Gasteiger partial charge in [-0.05, 0) is 222 Å². The number of pyridine rings is 4. The summed E-state index contributed by atoms with van der Waals surface area (Å²) in [5.74, 6) is -7.30. The summed E-state index contributed by atoms with van der Waals surface area (Å²) in [6, 6.07) is 24.0. The van der Waals surface area contributed by atoms with Gasteiger partial charge in [-0.15, -0.1) is 0 Å². The fourth-order valence-corrected chi connectivity index (χ4v) is 25.2. The molecule has 24 rings (SSSR count). The molecule has 106 heavy (non-hydrogen) atoms. The third-order valence-electron chi connectivity index (χ3n) is 28.0. The predicted molar refractivity (Wildman–Crippen MR) is 379 cm³/mol. The number of ether oxygens (including phenoxy) is 5. The van der Waals surface area contributed by atoms with E-state index in [1.54, 1.807) is 86.5 Å². The molecule has 514 valence electrons. The number of aromatic nitrogens is 4. The normalized spacial score (nSPS) is 24.1. The lowest BCUT2D eigenvalue weighted by atomic mass is 9.38. The quantitative estimate of drug-likeness (QED) is 0.0108. The largest absolute Gasteiger partial charge is 0.477 e. The van der Waals surface area contributed by atoms with Crippen LogP contribution in [0.3, 0.4) is 0 Å². The molecule has 8 unspecified atom stereocenters. The number of nitrogens with zero attached hydrogens (tertiary/aromatic N) is 4. The smallest absolute Gasteiger partial charge is 0.341 e. The third kappa shape index (κ3) is 5.96. The van der Waals surface area contributed by atoms with Gasteiger partial charge in [-0.1, -0.05) is 42.0 Å². The fraction of sp³-hybridized carbons (Fsp3) is 0.256. The van der Waals surface area contributed by atoms with Gasteiger partial charge in [-0.25, -0.2) is 28.1 Å². The van der Waals surface area contributed by atoms with Gasteiger partial charge >= 0.3 is 41.8 Å². The molecule has 0 radical (unpaired) electrons. The Hall–Kier alpha value is -12.3. The zero-order valence-corrected chi connectivity index (χ0v) is 56.6. The van der Waals surface area contributed by atoms with Crippen LogP contribution in [-0.4, -0.2) is 90.0 Å². The number of esters is 4. The van der Waals surface area contributed by atoms with Crippen molar-refractivity contribution in [2.24, 2.45) is 22.2 Å². The first-order valence-corrected chi connectivity index (χ1v) is 36.2. The maximum absolute atomic E-state index is 17.1. The Kier molecular flexibility index (Phi) is 10.5.